The molecule has 1 aromatic heterocycles. The highest BCUT2D eigenvalue weighted by Crippen LogP contribution is 2.29. The summed E-state index contributed by atoms with van der Waals surface area (Å²) in [7, 11) is -1.68. The van der Waals surface area contributed by atoms with Gasteiger partial charge in [0.1, 0.15) is 5.75 Å². The second kappa shape index (κ2) is 9.98. The molecule has 180 valence electrons. The zero-order valence-corrected chi connectivity index (χ0v) is 20.6. The number of ether oxygens (including phenoxy) is 1. The number of anilines is 2. The van der Waals surface area contributed by atoms with Crippen LogP contribution in [-0.4, -0.2) is 69.7 Å². The van der Waals surface area contributed by atoms with Gasteiger partial charge in [-0.1, -0.05) is 23.5 Å². The number of sulfone groups is 1. The summed E-state index contributed by atoms with van der Waals surface area (Å²) >= 11 is 1.20. The second-order valence-corrected chi connectivity index (χ2v) is 11.1. The van der Waals surface area contributed by atoms with Crippen molar-refractivity contribution in [3.8, 4) is 5.75 Å². The number of fused-ring (bicyclic) bond motifs is 1. The van der Waals surface area contributed by atoms with E-state index in [1.54, 1.807) is 24.1 Å². The van der Waals surface area contributed by atoms with Crippen molar-refractivity contribution >= 4 is 54.0 Å². The molecule has 2 aromatic carbocycles. The highest BCUT2D eigenvalue weighted by molar-refractivity contribution is 7.90. The topological polar surface area (TPSA) is 109 Å². The van der Waals surface area contributed by atoms with Crippen LogP contribution in [0.5, 0.6) is 5.75 Å². The van der Waals surface area contributed by atoms with E-state index in [1.165, 1.54) is 17.4 Å². The molecule has 0 spiro atoms. The van der Waals surface area contributed by atoms with Gasteiger partial charge < -0.3 is 19.9 Å². The largest absolute Gasteiger partial charge is 0.495 e. The number of para-hydroxylation sites is 2. The van der Waals surface area contributed by atoms with E-state index in [4.69, 9.17) is 4.74 Å². The average molecular weight is 503 g/mol. The molecule has 1 N–H and O–H groups in total. The summed E-state index contributed by atoms with van der Waals surface area (Å²) in [5.41, 5.74) is 1.62. The summed E-state index contributed by atoms with van der Waals surface area (Å²) in [6, 6.07) is 12.5. The predicted molar refractivity (Wildman–Crippen MR) is 132 cm³/mol. The molecule has 2 amide bonds. The Balaban J connectivity index is 1.28. The maximum Gasteiger partial charge on any atom is 0.226 e. The van der Waals surface area contributed by atoms with Crippen LogP contribution in [0.15, 0.2) is 47.4 Å². The first-order chi connectivity index (χ1) is 16.2. The lowest BCUT2D eigenvalue weighted by atomic mass is 10.2. The van der Waals surface area contributed by atoms with E-state index in [1.807, 2.05) is 24.3 Å². The molecule has 9 nitrogen and oxygen atoms in total. The van der Waals surface area contributed by atoms with E-state index in [-0.39, 0.29) is 29.6 Å². The fourth-order valence-electron chi connectivity index (χ4n) is 3.84. The number of carbonyl (C=O) groups excluding carboxylic acids is 2. The fourth-order valence-corrected chi connectivity index (χ4v) is 5.48. The minimum Gasteiger partial charge on any atom is -0.495 e. The first kappa shape index (κ1) is 24.0. The minimum absolute atomic E-state index is 0.0517. The molecule has 0 atom stereocenters. The Labute approximate surface area is 202 Å². The number of nitrogens with zero attached hydrogens (tertiary/aromatic N) is 3. The minimum atomic E-state index is -3.32. The number of hydrogen-bond acceptors (Lipinski definition) is 8. The molecule has 1 fully saturated rings. The molecule has 0 unspecified atom stereocenters. The van der Waals surface area contributed by atoms with E-state index < -0.39 is 9.84 Å². The number of amides is 2. The number of piperazine rings is 1. The van der Waals surface area contributed by atoms with E-state index >= 15 is 0 Å². The van der Waals surface area contributed by atoms with Gasteiger partial charge in [-0.25, -0.2) is 13.4 Å². The SMILES string of the molecule is COc1ccccc1N1CCN(C(=O)CCC(=O)Nc2nc3ccc(S(C)(=O)=O)cc3s2)CC1. The number of carbonyl (C=O) groups is 2. The third-order valence-corrected chi connectivity index (χ3v) is 7.70. The molecule has 0 saturated carbocycles. The molecular formula is C23H26N4O5S2. The zero-order chi connectivity index (χ0) is 24.3. The van der Waals surface area contributed by atoms with Crippen molar-refractivity contribution in [3.63, 3.8) is 0 Å². The molecule has 1 aliphatic rings. The number of thiazole rings is 1. The molecule has 0 aliphatic carbocycles. The van der Waals surface area contributed by atoms with Crippen molar-refractivity contribution in [1.29, 1.82) is 0 Å². The Morgan fingerprint density at radius 1 is 1.09 bits per heavy atom. The van der Waals surface area contributed by atoms with Gasteiger partial charge in [0.05, 0.1) is 27.9 Å². The van der Waals surface area contributed by atoms with E-state index in [0.29, 0.717) is 41.5 Å². The highest BCUT2D eigenvalue weighted by Gasteiger charge is 2.23. The van der Waals surface area contributed by atoms with Gasteiger partial charge in [0, 0.05) is 45.3 Å². The standard InChI is InChI=1S/C23H26N4O5S2/c1-32-19-6-4-3-5-18(19)26-11-13-27(14-12-26)22(29)10-9-21(28)25-23-24-17-8-7-16(34(2,30)31)15-20(17)33-23/h3-8,15H,9-14H2,1-2H3,(H,24,25,28). The van der Waals surface area contributed by atoms with Crippen molar-refractivity contribution in [3.05, 3.63) is 42.5 Å². The molecule has 1 saturated heterocycles. The lowest BCUT2D eigenvalue weighted by Crippen LogP contribution is -2.49. The summed E-state index contributed by atoms with van der Waals surface area (Å²) in [5, 5.41) is 3.09. The molecule has 4 rings (SSSR count). The van der Waals surface area contributed by atoms with Crippen molar-refractivity contribution in [1.82, 2.24) is 9.88 Å². The van der Waals surface area contributed by atoms with Crippen LogP contribution in [0.4, 0.5) is 10.8 Å². The molecule has 2 heterocycles. The summed E-state index contributed by atoms with van der Waals surface area (Å²) < 4.78 is 29.6. The second-order valence-electron chi connectivity index (χ2n) is 8.01. The van der Waals surface area contributed by atoms with Gasteiger partial charge in [-0.15, -0.1) is 0 Å². The zero-order valence-electron chi connectivity index (χ0n) is 19.0. The van der Waals surface area contributed by atoms with Crippen LogP contribution in [0.2, 0.25) is 0 Å². The molecule has 11 heteroatoms. The predicted octanol–water partition coefficient (Wildman–Crippen LogP) is 2.78. The first-order valence-corrected chi connectivity index (χ1v) is 13.5. The van der Waals surface area contributed by atoms with Gasteiger partial charge in [-0.2, -0.15) is 0 Å². The highest BCUT2D eigenvalue weighted by atomic mass is 32.2. The van der Waals surface area contributed by atoms with Crippen LogP contribution < -0.4 is 15.0 Å². The summed E-state index contributed by atoms with van der Waals surface area (Å²) in [4.78, 5) is 33.5. The third-order valence-electron chi connectivity index (χ3n) is 5.66. The van der Waals surface area contributed by atoms with E-state index in [2.05, 4.69) is 15.2 Å². The maximum absolute atomic E-state index is 12.6. The van der Waals surface area contributed by atoms with Gasteiger partial charge in [-0.05, 0) is 30.3 Å². The number of methoxy groups -OCH3 is 1. The quantitative estimate of drug-likeness (QED) is 0.529. The number of aromatic nitrogens is 1. The Bertz CT molecular complexity index is 1310. The normalized spacial score (nSPS) is 14.3. The van der Waals surface area contributed by atoms with Crippen LogP contribution in [0.1, 0.15) is 12.8 Å². The van der Waals surface area contributed by atoms with Crippen molar-refractivity contribution in [2.45, 2.75) is 17.7 Å². The monoisotopic (exact) mass is 502 g/mol. The average Bonchev–Trinajstić information content (AvgIpc) is 3.23. The molecule has 1 aliphatic heterocycles. The van der Waals surface area contributed by atoms with E-state index in [0.717, 1.165) is 17.7 Å². The number of benzene rings is 2. The van der Waals surface area contributed by atoms with Crippen LogP contribution in [0.3, 0.4) is 0 Å². The number of hydrogen-bond donors (Lipinski definition) is 1. The van der Waals surface area contributed by atoms with Gasteiger partial charge in [0.25, 0.3) is 0 Å². The van der Waals surface area contributed by atoms with Gasteiger partial charge >= 0.3 is 0 Å². The summed E-state index contributed by atoms with van der Waals surface area (Å²) in [6.45, 7) is 2.55. The Morgan fingerprint density at radius 3 is 2.53 bits per heavy atom. The van der Waals surface area contributed by atoms with Crippen molar-refractivity contribution in [2.75, 3.05) is 49.8 Å². The fraction of sp³-hybridized carbons (Fsp3) is 0.348. The molecule has 3 aromatic rings. The molecule has 0 bridgehead atoms. The van der Waals surface area contributed by atoms with Crippen LogP contribution in [0.25, 0.3) is 10.2 Å². The lowest BCUT2D eigenvalue weighted by molar-refractivity contribution is -0.133. The number of rotatable bonds is 7. The first-order valence-electron chi connectivity index (χ1n) is 10.8. The summed E-state index contributed by atoms with van der Waals surface area (Å²) in [6.07, 6.45) is 1.31. The maximum atomic E-state index is 12.6. The lowest BCUT2D eigenvalue weighted by Gasteiger charge is -2.36. The van der Waals surface area contributed by atoms with E-state index in [9.17, 15) is 18.0 Å². The Kier molecular flexibility index (Phi) is 7.03. The third kappa shape index (κ3) is 5.48. The van der Waals surface area contributed by atoms with Gasteiger partial charge in [-0.3, -0.25) is 9.59 Å². The summed E-state index contributed by atoms with van der Waals surface area (Å²) in [5.74, 6) is 0.446. The van der Waals surface area contributed by atoms with Gasteiger partial charge in [0.15, 0.2) is 15.0 Å². The Hall–Kier alpha value is -3.18. The van der Waals surface area contributed by atoms with Gasteiger partial charge in [0.2, 0.25) is 11.8 Å². The van der Waals surface area contributed by atoms with Crippen molar-refractivity contribution < 1.29 is 22.7 Å². The van der Waals surface area contributed by atoms with Crippen LogP contribution in [0, 0.1) is 0 Å². The van der Waals surface area contributed by atoms with Crippen molar-refractivity contribution in [2.24, 2.45) is 0 Å². The molecule has 0 radical (unpaired) electrons. The smallest absolute Gasteiger partial charge is 0.226 e. The van der Waals surface area contributed by atoms with Crippen LogP contribution in [-0.2, 0) is 19.4 Å². The Morgan fingerprint density at radius 2 is 1.82 bits per heavy atom. The molecule has 34 heavy (non-hydrogen) atoms. The molecular weight excluding hydrogens is 476 g/mol. The number of nitrogens with one attached hydrogen (secondary N) is 1. The van der Waals surface area contributed by atoms with Crippen LogP contribution >= 0.6 is 11.3 Å².